The first-order valence-electron chi connectivity index (χ1n) is 13.2. The molecule has 2 heterocycles. The number of likely N-dealkylation sites (tertiary alicyclic amines) is 1. The average Bonchev–Trinajstić information content (AvgIpc) is 3.35. The molecule has 0 aliphatic carbocycles. The standard InChI is InChI=1S/C30H33Cl2N5O/c1-36(29(38)21-7-3-2-4-8-21)20-23(22-11-12-25(31)26(32)19-22)13-16-37-17-14-24(15-18-37)33-30-34-27-9-5-6-10-28(27)35-30/h2-12,19,23-24H,13-18,20H2,1H3,(H2,33,34,35). The normalized spacial score (nSPS) is 15.4. The molecule has 1 amide bonds. The van der Waals surface area contributed by atoms with Crippen LogP contribution in [0.15, 0.2) is 72.8 Å². The topological polar surface area (TPSA) is 64.3 Å². The van der Waals surface area contributed by atoms with Gasteiger partial charge in [-0.2, -0.15) is 0 Å². The third-order valence-corrected chi connectivity index (χ3v) is 8.13. The number of piperidine rings is 1. The van der Waals surface area contributed by atoms with Crippen LogP contribution in [-0.4, -0.2) is 64.9 Å². The quantitative estimate of drug-likeness (QED) is 0.244. The maximum absolute atomic E-state index is 13.0. The summed E-state index contributed by atoms with van der Waals surface area (Å²) in [5.41, 5.74) is 3.84. The molecule has 1 aromatic heterocycles. The molecule has 4 aromatic rings. The van der Waals surface area contributed by atoms with E-state index in [-0.39, 0.29) is 11.8 Å². The van der Waals surface area contributed by atoms with Gasteiger partial charge in [0.25, 0.3) is 5.91 Å². The number of carbonyl (C=O) groups is 1. The van der Waals surface area contributed by atoms with Crippen LogP contribution in [0.4, 0.5) is 5.95 Å². The van der Waals surface area contributed by atoms with Crippen LogP contribution in [0, 0.1) is 0 Å². The van der Waals surface area contributed by atoms with Crippen LogP contribution in [0.25, 0.3) is 11.0 Å². The number of fused-ring (bicyclic) bond motifs is 1. The smallest absolute Gasteiger partial charge is 0.253 e. The van der Waals surface area contributed by atoms with E-state index in [0.29, 0.717) is 28.2 Å². The highest BCUT2D eigenvalue weighted by molar-refractivity contribution is 6.42. The molecule has 5 rings (SSSR count). The highest BCUT2D eigenvalue weighted by Gasteiger charge is 2.23. The number of benzene rings is 3. The van der Waals surface area contributed by atoms with Crippen LogP contribution in [0.5, 0.6) is 0 Å². The molecule has 1 saturated heterocycles. The average molecular weight is 551 g/mol. The molecule has 0 bridgehead atoms. The number of imidazole rings is 1. The second kappa shape index (κ2) is 12.2. The summed E-state index contributed by atoms with van der Waals surface area (Å²) in [6, 6.07) is 23.7. The minimum absolute atomic E-state index is 0.0214. The van der Waals surface area contributed by atoms with Crippen LogP contribution in [0.1, 0.15) is 41.1 Å². The van der Waals surface area contributed by atoms with Crippen LogP contribution < -0.4 is 5.32 Å². The van der Waals surface area contributed by atoms with Crippen molar-refractivity contribution in [2.45, 2.75) is 31.2 Å². The predicted octanol–water partition coefficient (Wildman–Crippen LogP) is 6.69. The summed E-state index contributed by atoms with van der Waals surface area (Å²) in [6.45, 7) is 3.60. The Kier molecular flexibility index (Phi) is 8.52. The van der Waals surface area contributed by atoms with Gasteiger partial charge in [-0.15, -0.1) is 0 Å². The number of hydrogen-bond acceptors (Lipinski definition) is 4. The summed E-state index contributed by atoms with van der Waals surface area (Å²) < 4.78 is 0. The third-order valence-electron chi connectivity index (χ3n) is 7.39. The minimum Gasteiger partial charge on any atom is -0.353 e. The fourth-order valence-corrected chi connectivity index (χ4v) is 5.50. The molecule has 38 heavy (non-hydrogen) atoms. The Bertz CT molecular complexity index is 1330. The number of likely N-dealkylation sites (N-methyl/N-ethyl adjacent to an activating group) is 1. The first kappa shape index (κ1) is 26.5. The number of H-pyrrole nitrogens is 1. The number of nitrogens with one attached hydrogen (secondary N) is 2. The molecule has 0 saturated carbocycles. The molecule has 3 aromatic carbocycles. The van der Waals surface area contributed by atoms with E-state index in [9.17, 15) is 4.79 Å². The maximum atomic E-state index is 13.0. The number of anilines is 1. The number of aromatic amines is 1. The van der Waals surface area contributed by atoms with Crippen molar-refractivity contribution in [3.63, 3.8) is 0 Å². The number of halogens is 2. The lowest BCUT2D eigenvalue weighted by Crippen LogP contribution is -2.40. The van der Waals surface area contributed by atoms with E-state index >= 15 is 0 Å². The number of carbonyl (C=O) groups excluding carboxylic acids is 1. The largest absolute Gasteiger partial charge is 0.353 e. The lowest BCUT2D eigenvalue weighted by molar-refractivity contribution is 0.0782. The fourth-order valence-electron chi connectivity index (χ4n) is 5.20. The van der Waals surface area contributed by atoms with Crippen molar-refractivity contribution in [2.24, 2.45) is 0 Å². The molecule has 1 aliphatic heterocycles. The predicted molar refractivity (Wildman–Crippen MR) is 156 cm³/mol. The van der Waals surface area contributed by atoms with Crippen molar-refractivity contribution >= 4 is 46.1 Å². The SMILES string of the molecule is CN(CC(CCN1CCC(Nc2nc3ccccc3[nH]2)CC1)c1ccc(Cl)c(Cl)c1)C(=O)c1ccccc1. The second-order valence-electron chi connectivity index (χ2n) is 10.1. The molecule has 8 heteroatoms. The van der Waals surface area contributed by atoms with Gasteiger partial charge in [-0.25, -0.2) is 4.98 Å². The van der Waals surface area contributed by atoms with Gasteiger partial charge < -0.3 is 20.1 Å². The maximum Gasteiger partial charge on any atom is 0.253 e. The highest BCUT2D eigenvalue weighted by atomic mass is 35.5. The molecular formula is C30H33Cl2N5O. The van der Waals surface area contributed by atoms with Crippen molar-refractivity contribution in [2.75, 3.05) is 38.5 Å². The van der Waals surface area contributed by atoms with Crippen LogP contribution in [0.2, 0.25) is 10.0 Å². The van der Waals surface area contributed by atoms with Crippen molar-refractivity contribution in [3.8, 4) is 0 Å². The fraction of sp³-hybridized carbons (Fsp3) is 0.333. The zero-order valence-electron chi connectivity index (χ0n) is 21.5. The second-order valence-corrected chi connectivity index (χ2v) is 10.9. The number of para-hydroxylation sites is 2. The van der Waals surface area contributed by atoms with Gasteiger partial charge in [0.2, 0.25) is 5.95 Å². The van der Waals surface area contributed by atoms with Crippen molar-refractivity contribution in [1.82, 2.24) is 19.8 Å². The number of rotatable bonds is 9. The molecule has 1 aliphatic rings. The Morgan fingerprint density at radius 2 is 1.79 bits per heavy atom. The molecule has 0 radical (unpaired) electrons. The first-order chi connectivity index (χ1) is 18.5. The Morgan fingerprint density at radius 1 is 1.05 bits per heavy atom. The number of nitrogens with zero attached hydrogens (tertiary/aromatic N) is 3. The van der Waals surface area contributed by atoms with E-state index in [4.69, 9.17) is 23.2 Å². The Hall–Kier alpha value is -3.06. The zero-order valence-corrected chi connectivity index (χ0v) is 23.1. The van der Waals surface area contributed by atoms with Crippen molar-refractivity contribution < 1.29 is 4.79 Å². The highest BCUT2D eigenvalue weighted by Crippen LogP contribution is 2.29. The number of amides is 1. The third kappa shape index (κ3) is 6.49. The van der Waals surface area contributed by atoms with Gasteiger partial charge in [-0.3, -0.25) is 4.79 Å². The minimum atomic E-state index is 0.0214. The van der Waals surface area contributed by atoms with E-state index in [2.05, 4.69) is 20.2 Å². The lowest BCUT2D eigenvalue weighted by Gasteiger charge is -2.34. The van der Waals surface area contributed by atoms with Gasteiger partial charge in [0.1, 0.15) is 0 Å². The van der Waals surface area contributed by atoms with Gasteiger partial charge in [0, 0.05) is 44.2 Å². The molecular weight excluding hydrogens is 517 g/mol. The Morgan fingerprint density at radius 3 is 2.53 bits per heavy atom. The molecule has 1 unspecified atom stereocenters. The van der Waals surface area contributed by atoms with Crippen molar-refractivity contribution in [3.05, 3.63) is 94.0 Å². The Balaban J connectivity index is 1.19. The molecule has 198 valence electrons. The number of aromatic nitrogens is 2. The molecule has 0 spiro atoms. The number of hydrogen-bond donors (Lipinski definition) is 2. The summed E-state index contributed by atoms with van der Waals surface area (Å²) in [4.78, 5) is 25.4. The monoisotopic (exact) mass is 549 g/mol. The molecule has 1 fully saturated rings. The van der Waals surface area contributed by atoms with Gasteiger partial charge in [0.15, 0.2) is 0 Å². The van der Waals surface area contributed by atoms with Gasteiger partial charge in [0.05, 0.1) is 21.1 Å². The van der Waals surface area contributed by atoms with E-state index in [1.807, 2.05) is 84.7 Å². The Labute approximate surface area is 234 Å². The zero-order chi connectivity index (χ0) is 26.5. The molecule has 6 nitrogen and oxygen atoms in total. The van der Waals surface area contributed by atoms with Crippen LogP contribution >= 0.6 is 23.2 Å². The van der Waals surface area contributed by atoms with Gasteiger partial charge >= 0.3 is 0 Å². The first-order valence-corrected chi connectivity index (χ1v) is 13.9. The van der Waals surface area contributed by atoms with Gasteiger partial charge in [-0.05, 0) is 67.8 Å². The van der Waals surface area contributed by atoms with Crippen LogP contribution in [-0.2, 0) is 0 Å². The summed E-state index contributed by atoms with van der Waals surface area (Å²) in [7, 11) is 1.87. The summed E-state index contributed by atoms with van der Waals surface area (Å²) >= 11 is 12.6. The summed E-state index contributed by atoms with van der Waals surface area (Å²) in [5.74, 6) is 1.01. The van der Waals surface area contributed by atoms with E-state index in [1.54, 1.807) is 0 Å². The van der Waals surface area contributed by atoms with E-state index in [0.717, 1.165) is 61.4 Å². The van der Waals surface area contributed by atoms with Gasteiger partial charge in [-0.1, -0.05) is 59.6 Å². The molecule has 2 N–H and O–H groups in total. The lowest BCUT2D eigenvalue weighted by atomic mass is 9.94. The van der Waals surface area contributed by atoms with Crippen molar-refractivity contribution in [1.29, 1.82) is 0 Å². The summed E-state index contributed by atoms with van der Waals surface area (Å²) in [5, 5.41) is 4.67. The van der Waals surface area contributed by atoms with Crippen LogP contribution in [0.3, 0.4) is 0 Å². The van der Waals surface area contributed by atoms with E-state index < -0.39 is 0 Å². The van der Waals surface area contributed by atoms with E-state index in [1.165, 1.54) is 0 Å². The molecule has 1 atom stereocenters. The summed E-state index contributed by atoms with van der Waals surface area (Å²) in [6.07, 6.45) is 3.04.